The first-order chi connectivity index (χ1) is 11.4. The molecule has 0 fully saturated rings. The fourth-order valence-corrected chi connectivity index (χ4v) is 3.46. The van der Waals surface area contributed by atoms with Crippen molar-refractivity contribution in [2.45, 2.75) is 32.5 Å². The van der Waals surface area contributed by atoms with Crippen LogP contribution in [0.4, 0.5) is 4.39 Å². The molecule has 3 rings (SSSR count). The van der Waals surface area contributed by atoms with Crippen LogP contribution in [0.25, 0.3) is 0 Å². The maximum absolute atomic E-state index is 13.0. The van der Waals surface area contributed by atoms with Gasteiger partial charge in [-0.15, -0.1) is 0 Å². The van der Waals surface area contributed by atoms with Gasteiger partial charge in [0.25, 0.3) is 5.56 Å². The van der Waals surface area contributed by atoms with Gasteiger partial charge >= 0.3 is 0 Å². The Morgan fingerprint density at radius 2 is 1.96 bits per heavy atom. The predicted octanol–water partition coefficient (Wildman–Crippen LogP) is 1.84. The number of nitrogens with zero attached hydrogens (tertiary/aromatic N) is 2. The van der Waals surface area contributed by atoms with Crippen molar-refractivity contribution in [3.05, 3.63) is 62.8 Å². The van der Waals surface area contributed by atoms with Crippen LogP contribution in [0.1, 0.15) is 35.5 Å². The zero-order valence-electron chi connectivity index (χ0n) is 13.8. The Hall–Kier alpha value is -2.18. The summed E-state index contributed by atoms with van der Waals surface area (Å²) in [7, 11) is 1.64. The average Bonchev–Trinajstić information content (AvgIpc) is 2.57. The minimum atomic E-state index is -1.06. The van der Waals surface area contributed by atoms with Crippen molar-refractivity contribution in [2.24, 2.45) is 7.05 Å². The van der Waals surface area contributed by atoms with Crippen molar-refractivity contribution >= 4 is 0 Å². The lowest BCUT2D eigenvalue weighted by Crippen LogP contribution is -2.38. The largest absolute Gasteiger partial charge is 0.503 e. The van der Waals surface area contributed by atoms with Crippen LogP contribution < -0.4 is 5.56 Å². The molecule has 2 aromatic rings. The van der Waals surface area contributed by atoms with Crippen molar-refractivity contribution < 1.29 is 14.6 Å². The van der Waals surface area contributed by atoms with Crippen molar-refractivity contribution in [1.29, 1.82) is 0 Å². The van der Waals surface area contributed by atoms with Crippen LogP contribution in [0.5, 0.6) is 5.75 Å². The Balaban J connectivity index is 1.98. The van der Waals surface area contributed by atoms with Gasteiger partial charge in [0.05, 0.1) is 0 Å². The summed E-state index contributed by atoms with van der Waals surface area (Å²) in [4.78, 5) is 14.0. The van der Waals surface area contributed by atoms with E-state index >= 15 is 0 Å². The highest BCUT2D eigenvalue weighted by atomic mass is 19.1. The lowest BCUT2D eigenvalue weighted by atomic mass is 9.94. The van der Waals surface area contributed by atoms with E-state index < -0.39 is 11.8 Å². The molecule has 1 atom stereocenters. The lowest BCUT2D eigenvalue weighted by molar-refractivity contribution is -0.0145. The molecule has 0 aliphatic carbocycles. The minimum absolute atomic E-state index is 0.308. The number of benzene rings is 1. The van der Waals surface area contributed by atoms with Gasteiger partial charge in [0.2, 0.25) is 0 Å². The van der Waals surface area contributed by atoms with Gasteiger partial charge in [-0.25, -0.2) is 4.39 Å². The van der Waals surface area contributed by atoms with Gasteiger partial charge in [0.15, 0.2) is 5.75 Å². The summed E-state index contributed by atoms with van der Waals surface area (Å²) in [6, 6.07) is 6.09. The second-order valence-corrected chi connectivity index (χ2v) is 6.13. The van der Waals surface area contributed by atoms with Crippen LogP contribution in [-0.2, 0) is 26.4 Å². The van der Waals surface area contributed by atoms with Crippen molar-refractivity contribution in [2.75, 3.05) is 6.54 Å². The van der Waals surface area contributed by atoms with Gasteiger partial charge in [0, 0.05) is 31.4 Å². The Morgan fingerprint density at radius 3 is 2.58 bits per heavy atom. The van der Waals surface area contributed by atoms with E-state index in [2.05, 4.69) is 0 Å². The summed E-state index contributed by atoms with van der Waals surface area (Å²) < 4.78 is 14.5. The molecule has 0 radical (unpaired) electrons. The minimum Gasteiger partial charge on any atom is -0.503 e. The lowest BCUT2D eigenvalue weighted by Gasteiger charge is -2.35. The molecular formula is C18H21FN2O3. The van der Waals surface area contributed by atoms with Gasteiger partial charge in [-0.3, -0.25) is 9.69 Å². The smallest absolute Gasteiger partial charge is 0.293 e. The molecule has 0 saturated carbocycles. The van der Waals surface area contributed by atoms with Crippen LogP contribution in [0, 0.1) is 5.82 Å². The molecule has 0 bridgehead atoms. The highest BCUT2D eigenvalue weighted by Gasteiger charge is 2.32. The van der Waals surface area contributed by atoms with E-state index in [1.165, 1.54) is 16.7 Å². The van der Waals surface area contributed by atoms with E-state index in [0.717, 1.165) is 16.8 Å². The van der Waals surface area contributed by atoms with E-state index in [-0.39, 0.29) is 11.6 Å². The Labute approximate surface area is 139 Å². The molecule has 1 aliphatic rings. The highest BCUT2D eigenvalue weighted by Crippen LogP contribution is 2.35. The van der Waals surface area contributed by atoms with Crippen LogP contribution in [0.2, 0.25) is 0 Å². The van der Waals surface area contributed by atoms with Crippen LogP contribution >= 0.6 is 0 Å². The van der Waals surface area contributed by atoms with E-state index in [1.54, 1.807) is 24.1 Å². The number of fused-ring (bicyclic) bond motifs is 1. The molecule has 6 heteroatoms. The SMILES string of the molecule is CCc1c2c(c(O)c(=O)n1C)C(O)N(Cc1ccc(F)cc1)CC2. The van der Waals surface area contributed by atoms with Crippen LogP contribution in [0.3, 0.4) is 0 Å². The summed E-state index contributed by atoms with van der Waals surface area (Å²) in [6.45, 7) is 2.95. The van der Waals surface area contributed by atoms with Gasteiger partial charge < -0.3 is 14.8 Å². The monoisotopic (exact) mass is 332 g/mol. The summed E-state index contributed by atoms with van der Waals surface area (Å²) in [5, 5.41) is 21.0. The number of pyridine rings is 1. The van der Waals surface area contributed by atoms with E-state index in [9.17, 15) is 19.4 Å². The molecule has 0 amide bonds. The third-order valence-electron chi connectivity index (χ3n) is 4.73. The molecule has 1 aliphatic heterocycles. The number of halogens is 1. The number of hydrogen-bond donors (Lipinski definition) is 2. The number of rotatable bonds is 3. The van der Waals surface area contributed by atoms with Crippen molar-refractivity contribution in [3.8, 4) is 5.75 Å². The zero-order valence-corrected chi connectivity index (χ0v) is 13.8. The second kappa shape index (κ2) is 6.37. The number of aromatic nitrogens is 1. The zero-order chi connectivity index (χ0) is 17.4. The van der Waals surface area contributed by atoms with Gasteiger partial charge in [0.1, 0.15) is 12.0 Å². The average molecular weight is 332 g/mol. The predicted molar refractivity (Wildman–Crippen MR) is 88.2 cm³/mol. The maximum atomic E-state index is 13.0. The van der Waals surface area contributed by atoms with E-state index in [1.807, 2.05) is 6.92 Å². The molecule has 0 spiro atoms. The molecule has 2 heterocycles. The number of aromatic hydroxyl groups is 1. The fraction of sp³-hybridized carbons (Fsp3) is 0.389. The van der Waals surface area contributed by atoms with E-state index in [0.29, 0.717) is 31.5 Å². The molecule has 5 nitrogen and oxygen atoms in total. The molecule has 2 N–H and O–H groups in total. The van der Waals surface area contributed by atoms with Gasteiger partial charge in [-0.1, -0.05) is 19.1 Å². The highest BCUT2D eigenvalue weighted by molar-refractivity contribution is 5.44. The number of aliphatic hydroxyl groups is 1. The molecule has 24 heavy (non-hydrogen) atoms. The normalized spacial score (nSPS) is 17.8. The molecule has 1 unspecified atom stereocenters. The fourth-order valence-electron chi connectivity index (χ4n) is 3.46. The molecule has 0 saturated heterocycles. The standard InChI is InChI=1S/C18H21FN2O3/c1-3-14-13-8-9-21(10-11-4-6-12(19)7-5-11)17(23)15(13)16(22)18(24)20(14)2/h4-7,17,22-23H,3,8-10H2,1-2H3. The third-order valence-corrected chi connectivity index (χ3v) is 4.73. The van der Waals surface area contributed by atoms with Crippen molar-refractivity contribution in [3.63, 3.8) is 0 Å². The molecule has 128 valence electrons. The summed E-state index contributed by atoms with van der Waals surface area (Å²) in [5.74, 6) is -0.696. The first-order valence-corrected chi connectivity index (χ1v) is 8.04. The topological polar surface area (TPSA) is 65.7 Å². The Kier molecular flexibility index (Phi) is 4.43. The van der Waals surface area contributed by atoms with Crippen molar-refractivity contribution in [1.82, 2.24) is 9.47 Å². The van der Waals surface area contributed by atoms with E-state index in [4.69, 9.17) is 0 Å². The van der Waals surface area contributed by atoms with Crippen LogP contribution in [0.15, 0.2) is 29.1 Å². The first kappa shape index (κ1) is 16.7. The Morgan fingerprint density at radius 1 is 1.29 bits per heavy atom. The number of hydrogen-bond acceptors (Lipinski definition) is 4. The molecule has 1 aromatic heterocycles. The molecule has 1 aromatic carbocycles. The molecular weight excluding hydrogens is 311 g/mol. The summed E-state index contributed by atoms with van der Waals surface area (Å²) >= 11 is 0. The third kappa shape index (κ3) is 2.72. The van der Waals surface area contributed by atoms with Gasteiger partial charge in [-0.2, -0.15) is 0 Å². The Bertz CT molecular complexity index is 814. The summed E-state index contributed by atoms with van der Waals surface area (Å²) in [6.07, 6.45) is 0.232. The number of aliphatic hydroxyl groups excluding tert-OH is 1. The van der Waals surface area contributed by atoms with Crippen LogP contribution in [-0.4, -0.2) is 26.2 Å². The second-order valence-electron chi connectivity index (χ2n) is 6.13. The maximum Gasteiger partial charge on any atom is 0.293 e. The van der Waals surface area contributed by atoms with Gasteiger partial charge in [-0.05, 0) is 36.1 Å². The quantitative estimate of drug-likeness (QED) is 0.900. The summed E-state index contributed by atoms with van der Waals surface area (Å²) in [5.41, 5.74) is 2.36. The first-order valence-electron chi connectivity index (χ1n) is 8.04.